The average molecular weight is 173 g/mol. The van der Waals surface area contributed by atoms with E-state index >= 15 is 0 Å². The third-order valence-corrected chi connectivity index (χ3v) is 3.03. The van der Waals surface area contributed by atoms with Gasteiger partial charge in [-0.25, -0.2) is 0 Å². The van der Waals surface area contributed by atoms with Gasteiger partial charge in [-0.2, -0.15) is 0 Å². The molecule has 0 aromatic carbocycles. The highest BCUT2D eigenvalue weighted by molar-refractivity contribution is 8.23. The molecule has 0 aromatic rings. The smallest absolute Gasteiger partial charge is 0.140 e. The van der Waals surface area contributed by atoms with E-state index < -0.39 is 0 Å². The fourth-order valence-electron chi connectivity index (χ4n) is 0.870. The van der Waals surface area contributed by atoms with Crippen molar-refractivity contribution in [3.8, 4) is 0 Å². The highest BCUT2D eigenvalue weighted by atomic mass is 32.2. The van der Waals surface area contributed by atoms with Crippen molar-refractivity contribution in [1.29, 1.82) is 0 Å². The normalized spacial score (nSPS) is 20.4. The van der Waals surface area contributed by atoms with Crippen LogP contribution >= 0.6 is 24.0 Å². The molecule has 0 aromatic heterocycles. The summed E-state index contributed by atoms with van der Waals surface area (Å²) in [5.74, 6) is 1.14. The predicted octanol–water partition coefficient (Wildman–Crippen LogP) is 2.24. The highest BCUT2D eigenvalue weighted by Crippen LogP contribution is 2.21. The summed E-state index contributed by atoms with van der Waals surface area (Å²) in [4.78, 5) is 2.18. The number of hydrogen-bond acceptors (Lipinski definition) is 2. The molecular formula is C7H11NS2. The fraction of sp³-hybridized carbons (Fsp3) is 0.571. The lowest BCUT2D eigenvalue weighted by Gasteiger charge is -2.16. The summed E-state index contributed by atoms with van der Waals surface area (Å²) < 4.78 is 1.02. The van der Waals surface area contributed by atoms with E-state index in [0.29, 0.717) is 0 Å². The fourth-order valence-corrected chi connectivity index (χ4v) is 2.19. The molecule has 3 heteroatoms. The lowest BCUT2D eigenvalue weighted by atomic mass is 10.4. The van der Waals surface area contributed by atoms with Crippen molar-refractivity contribution < 1.29 is 0 Å². The van der Waals surface area contributed by atoms with Gasteiger partial charge in [-0.15, -0.1) is 0 Å². The van der Waals surface area contributed by atoms with Gasteiger partial charge in [0, 0.05) is 18.0 Å². The molecule has 0 radical (unpaired) electrons. The first-order chi connectivity index (χ1) is 4.75. The van der Waals surface area contributed by atoms with Crippen LogP contribution in [-0.2, 0) is 0 Å². The minimum atomic E-state index is 1.02. The molecule has 0 amide bonds. The number of allylic oxidation sites excluding steroid dienone is 2. The van der Waals surface area contributed by atoms with Crippen molar-refractivity contribution in [2.45, 2.75) is 13.8 Å². The zero-order valence-corrected chi connectivity index (χ0v) is 7.89. The van der Waals surface area contributed by atoms with Gasteiger partial charge in [0.15, 0.2) is 0 Å². The van der Waals surface area contributed by atoms with Gasteiger partial charge in [0.05, 0.1) is 0 Å². The van der Waals surface area contributed by atoms with Gasteiger partial charge in [-0.3, -0.25) is 0 Å². The van der Waals surface area contributed by atoms with Crippen LogP contribution < -0.4 is 0 Å². The molecule has 0 bridgehead atoms. The van der Waals surface area contributed by atoms with Crippen LogP contribution in [0.25, 0.3) is 0 Å². The maximum absolute atomic E-state index is 5.13. The zero-order chi connectivity index (χ0) is 7.56. The molecule has 0 N–H and O–H groups in total. The standard InChI is InChI=1S/C7H11NS2/c1-3-6(2)8-4-5-10-7(8)9/h3H,4-5H2,1-2H3/b6-3-. The lowest BCUT2D eigenvalue weighted by molar-refractivity contribution is 0.576. The first-order valence-corrected chi connectivity index (χ1v) is 4.72. The summed E-state index contributed by atoms with van der Waals surface area (Å²) in [6, 6.07) is 0. The van der Waals surface area contributed by atoms with Crippen molar-refractivity contribution in [3.05, 3.63) is 11.8 Å². The Bertz CT molecular complexity index is 174. The molecule has 1 aliphatic rings. The third kappa shape index (κ3) is 1.52. The molecule has 1 rings (SSSR count). The van der Waals surface area contributed by atoms with Crippen LogP contribution in [0.5, 0.6) is 0 Å². The quantitative estimate of drug-likeness (QED) is 0.560. The van der Waals surface area contributed by atoms with E-state index in [-0.39, 0.29) is 0 Å². The molecule has 0 saturated carbocycles. The van der Waals surface area contributed by atoms with Crippen LogP contribution in [0.2, 0.25) is 0 Å². The van der Waals surface area contributed by atoms with Crippen LogP contribution in [0.15, 0.2) is 11.8 Å². The van der Waals surface area contributed by atoms with Crippen molar-refractivity contribution in [1.82, 2.24) is 4.90 Å². The molecule has 1 nitrogen and oxygen atoms in total. The van der Waals surface area contributed by atoms with Crippen LogP contribution in [0, 0.1) is 0 Å². The molecule has 1 aliphatic heterocycles. The SMILES string of the molecule is C/C=C(/C)N1CCSC1=S. The van der Waals surface area contributed by atoms with Crippen molar-refractivity contribution in [3.63, 3.8) is 0 Å². The van der Waals surface area contributed by atoms with Crippen LogP contribution in [-0.4, -0.2) is 21.5 Å². The second kappa shape index (κ2) is 3.39. The molecule has 1 fully saturated rings. The summed E-state index contributed by atoms with van der Waals surface area (Å²) in [7, 11) is 0. The Morgan fingerprint density at radius 2 is 2.50 bits per heavy atom. The maximum Gasteiger partial charge on any atom is 0.140 e. The molecule has 0 spiro atoms. The minimum absolute atomic E-state index is 1.02. The number of thioether (sulfide) groups is 1. The maximum atomic E-state index is 5.13. The van der Waals surface area contributed by atoms with E-state index in [4.69, 9.17) is 12.2 Å². The number of hydrogen-bond donors (Lipinski definition) is 0. The van der Waals surface area contributed by atoms with E-state index in [1.807, 2.05) is 6.92 Å². The Kier molecular flexibility index (Phi) is 2.74. The predicted molar refractivity (Wildman–Crippen MR) is 51.2 cm³/mol. The van der Waals surface area contributed by atoms with E-state index in [9.17, 15) is 0 Å². The minimum Gasteiger partial charge on any atom is -0.331 e. The Labute approximate surface area is 71.5 Å². The Morgan fingerprint density at radius 1 is 1.80 bits per heavy atom. The number of thiocarbonyl (C=S) groups is 1. The summed E-state index contributed by atoms with van der Waals surface area (Å²) in [5.41, 5.74) is 1.27. The summed E-state index contributed by atoms with van der Waals surface area (Å²) in [6.07, 6.45) is 2.10. The Balaban J connectivity index is 2.64. The molecular weight excluding hydrogens is 162 g/mol. The van der Waals surface area contributed by atoms with Gasteiger partial charge in [0.25, 0.3) is 0 Å². The Morgan fingerprint density at radius 3 is 2.90 bits per heavy atom. The molecule has 56 valence electrons. The van der Waals surface area contributed by atoms with Gasteiger partial charge in [0.1, 0.15) is 4.32 Å². The van der Waals surface area contributed by atoms with Gasteiger partial charge >= 0.3 is 0 Å². The van der Waals surface area contributed by atoms with Crippen LogP contribution in [0.4, 0.5) is 0 Å². The molecule has 0 atom stereocenters. The van der Waals surface area contributed by atoms with Gasteiger partial charge < -0.3 is 4.90 Å². The molecule has 0 unspecified atom stereocenters. The second-order valence-corrected chi connectivity index (χ2v) is 3.92. The van der Waals surface area contributed by atoms with Crippen molar-refractivity contribution >= 4 is 28.3 Å². The summed E-state index contributed by atoms with van der Waals surface area (Å²) >= 11 is 6.90. The zero-order valence-electron chi connectivity index (χ0n) is 6.26. The first-order valence-electron chi connectivity index (χ1n) is 3.33. The highest BCUT2D eigenvalue weighted by Gasteiger charge is 2.17. The van der Waals surface area contributed by atoms with Gasteiger partial charge in [0.2, 0.25) is 0 Å². The molecule has 1 heterocycles. The number of nitrogens with zero attached hydrogens (tertiary/aromatic N) is 1. The summed E-state index contributed by atoms with van der Waals surface area (Å²) in [6.45, 7) is 5.22. The van der Waals surface area contributed by atoms with E-state index in [1.54, 1.807) is 11.8 Å². The lowest BCUT2D eigenvalue weighted by Crippen LogP contribution is -2.20. The monoisotopic (exact) mass is 173 g/mol. The van der Waals surface area contributed by atoms with Crippen LogP contribution in [0.1, 0.15) is 13.8 Å². The van der Waals surface area contributed by atoms with Crippen LogP contribution in [0.3, 0.4) is 0 Å². The largest absolute Gasteiger partial charge is 0.331 e. The first kappa shape index (κ1) is 8.08. The second-order valence-electron chi connectivity index (χ2n) is 2.20. The van der Waals surface area contributed by atoms with E-state index in [2.05, 4.69) is 17.9 Å². The van der Waals surface area contributed by atoms with Crippen molar-refractivity contribution in [2.24, 2.45) is 0 Å². The van der Waals surface area contributed by atoms with E-state index in [0.717, 1.165) is 16.6 Å². The van der Waals surface area contributed by atoms with E-state index in [1.165, 1.54) is 5.70 Å². The van der Waals surface area contributed by atoms with Gasteiger partial charge in [-0.1, -0.05) is 30.1 Å². The van der Waals surface area contributed by atoms with Gasteiger partial charge in [-0.05, 0) is 13.8 Å². The third-order valence-electron chi connectivity index (χ3n) is 1.60. The summed E-state index contributed by atoms with van der Waals surface area (Å²) in [5, 5.41) is 0. The average Bonchev–Trinajstić information content (AvgIpc) is 2.34. The topological polar surface area (TPSA) is 3.24 Å². The number of rotatable bonds is 1. The Hall–Kier alpha value is -0.0200. The van der Waals surface area contributed by atoms with Crippen molar-refractivity contribution in [2.75, 3.05) is 12.3 Å². The molecule has 10 heavy (non-hydrogen) atoms. The molecule has 0 aliphatic carbocycles. The molecule has 1 saturated heterocycles.